The minimum Gasteiger partial charge on any atom is -0.376 e. The van der Waals surface area contributed by atoms with Crippen molar-refractivity contribution in [3.05, 3.63) is 73.6 Å². The largest absolute Gasteiger partial charge is 0.376 e. The summed E-state index contributed by atoms with van der Waals surface area (Å²) in [5.41, 5.74) is 2.77. The molecule has 0 bridgehead atoms. The van der Waals surface area contributed by atoms with Crippen LogP contribution in [0.3, 0.4) is 0 Å². The molecule has 4 rings (SSSR count). The van der Waals surface area contributed by atoms with Gasteiger partial charge in [-0.3, -0.25) is 9.59 Å². The average Bonchev–Trinajstić information content (AvgIpc) is 2.72. The standard InChI is InChI=1S/C22H18Cl2N4O2/c1-12-21-13(6-15(23)7-19(21)24)4-5-28(12)20(29)11-26-16-2-3-17-18(8-16)14(9-25)10-27-22(17)30/h2-3,6-8,10,12,26H,4-5,11H2,1H3,(H,27,30). The third-order valence-electron chi connectivity index (χ3n) is 5.47. The lowest BCUT2D eigenvalue weighted by Crippen LogP contribution is -2.41. The first-order valence-electron chi connectivity index (χ1n) is 9.45. The number of nitrogens with zero attached hydrogens (tertiary/aromatic N) is 2. The number of hydrogen-bond acceptors (Lipinski definition) is 4. The van der Waals surface area contributed by atoms with Gasteiger partial charge in [-0.2, -0.15) is 5.26 Å². The zero-order valence-corrected chi connectivity index (χ0v) is 17.6. The van der Waals surface area contributed by atoms with Crippen molar-refractivity contribution in [1.29, 1.82) is 5.26 Å². The molecule has 30 heavy (non-hydrogen) atoms. The molecule has 1 atom stereocenters. The lowest BCUT2D eigenvalue weighted by atomic mass is 9.93. The number of nitriles is 1. The Morgan fingerprint density at radius 2 is 2.10 bits per heavy atom. The molecule has 1 aliphatic rings. The van der Waals surface area contributed by atoms with Gasteiger partial charge in [-0.05, 0) is 54.8 Å². The van der Waals surface area contributed by atoms with Gasteiger partial charge in [0.05, 0.1) is 18.2 Å². The Hall–Kier alpha value is -3.01. The second-order valence-electron chi connectivity index (χ2n) is 7.23. The van der Waals surface area contributed by atoms with Gasteiger partial charge < -0.3 is 15.2 Å². The highest BCUT2D eigenvalue weighted by molar-refractivity contribution is 6.35. The van der Waals surface area contributed by atoms with Gasteiger partial charge in [-0.15, -0.1) is 0 Å². The lowest BCUT2D eigenvalue weighted by Gasteiger charge is -2.36. The summed E-state index contributed by atoms with van der Waals surface area (Å²) < 4.78 is 0. The van der Waals surface area contributed by atoms with Crippen LogP contribution in [-0.4, -0.2) is 28.9 Å². The van der Waals surface area contributed by atoms with E-state index in [9.17, 15) is 14.9 Å². The van der Waals surface area contributed by atoms with Crippen LogP contribution in [0.15, 0.2) is 41.3 Å². The number of pyridine rings is 1. The number of hydrogen-bond donors (Lipinski definition) is 2. The molecule has 2 aromatic carbocycles. The number of nitrogens with one attached hydrogen (secondary N) is 2. The summed E-state index contributed by atoms with van der Waals surface area (Å²) in [6.07, 6.45) is 2.08. The molecule has 1 aromatic heterocycles. The number of fused-ring (bicyclic) bond motifs is 2. The predicted octanol–water partition coefficient (Wildman–Crippen LogP) is 4.26. The van der Waals surface area contributed by atoms with E-state index in [1.54, 1.807) is 29.2 Å². The summed E-state index contributed by atoms with van der Waals surface area (Å²) in [6.45, 7) is 2.62. The van der Waals surface area contributed by atoms with Crippen molar-refractivity contribution < 1.29 is 4.79 Å². The summed E-state index contributed by atoms with van der Waals surface area (Å²) >= 11 is 12.5. The Balaban J connectivity index is 1.53. The maximum atomic E-state index is 12.9. The molecule has 0 fully saturated rings. The van der Waals surface area contributed by atoms with Gasteiger partial charge >= 0.3 is 0 Å². The third kappa shape index (κ3) is 3.62. The number of amides is 1. The number of rotatable bonds is 3. The van der Waals surface area contributed by atoms with Crippen LogP contribution in [0.5, 0.6) is 0 Å². The summed E-state index contributed by atoms with van der Waals surface area (Å²) in [5.74, 6) is -0.0642. The third-order valence-corrected chi connectivity index (χ3v) is 6.00. The first-order valence-corrected chi connectivity index (χ1v) is 10.2. The molecule has 1 amide bonds. The van der Waals surface area contributed by atoms with Gasteiger partial charge in [-0.1, -0.05) is 23.2 Å². The number of carbonyl (C=O) groups is 1. The van der Waals surface area contributed by atoms with Gasteiger partial charge in [0.1, 0.15) is 6.07 Å². The van der Waals surface area contributed by atoms with Crippen molar-refractivity contribution in [3.8, 4) is 6.07 Å². The number of aromatic amines is 1. The number of carbonyl (C=O) groups excluding carboxylic acids is 1. The summed E-state index contributed by atoms with van der Waals surface area (Å²) in [4.78, 5) is 29.2. The Kier molecular flexibility index (Phi) is 5.42. The summed E-state index contributed by atoms with van der Waals surface area (Å²) in [6, 6.07) is 10.6. The second-order valence-corrected chi connectivity index (χ2v) is 8.07. The van der Waals surface area contributed by atoms with Gasteiger partial charge in [0, 0.05) is 39.2 Å². The maximum Gasteiger partial charge on any atom is 0.255 e. The molecule has 0 radical (unpaired) electrons. The number of aromatic nitrogens is 1. The first-order chi connectivity index (χ1) is 14.4. The van der Waals surface area contributed by atoms with Crippen LogP contribution < -0.4 is 10.9 Å². The van der Waals surface area contributed by atoms with Crippen molar-refractivity contribution >= 4 is 45.6 Å². The summed E-state index contributed by atoms with van der Waals surface area (Å²) in [7, 11) is 0. The van der Waals surface area contributed by atoms with E-state index < -0.39 is 0 Å². The molecule has 8 heteroatoms. The second kappa shape index (κ2) is 8.02. The monoisotopic (exact) mass is 440 g/mol. The van der Waals surface area contributed by atoms with Crippen molar-refractivity contribution in [2.45, 2.75) is 19.4 Å². The number of benzene rings is 2. The molecule has 2 N–H and O–H groups in total. The molecule has 152 valence electrons. The molecule has 1 aliphatic heterocycles. The Morgan fingerprint density at radius 1 is 1.30 bits per heavy atom. The molecule has 6 nitrogen and oxygen atoms in total. The topological polar surface area (TPSA) is 89.0 Å². The number of halogens is 2. The average molecular weight is 441 g/mol. The van der Waals surface area contributed by atoms with E-state index in [1.165, 1.54) is 6.20 Å². The highest BCUT2D eigenvalue weighted by Gasteiger charge is 2.29. The van der Waals surface area contributed by atoms with Crippen LogP contribution in [-0.2, 0) is 11.2 Å². The van der Waals surface area contributed by atoms with E-state index in [4.69, 9.17) is 23.2 Å². The van der Waals surface area contributed by atoms with E-state index in [1.807, 2.05) is 13.0 Å². The molecule has 0 saturated heterocycles. The molecule has 2 heterocycles. The molecular formula is C22H18Cl2N4O2. The van der Waals surface area contributed by atoms with E-state index in [2.05, 4.69) is 16.4 Å². The van der Waals surface area contributed by atoms with Gasteiger partial charge in [0.15, 0.2) is 0 Å². The quantitative estimate of drug-likeness (QED) is 0.636. The van der Waals surface area contributed by atoms with Crippen LogP contribution in [0, 0.1) is 11.3 Å². The Morgan fingerprint density at radius 3 is 2.87 bits per heavy atom. The van der Waals surface area contributed by atoms with Crippen molar-refractivity contribution in [3.63, 3.8) is 0 Å². The van der Waals surface area contributed by atoms with Crippen molar-refractivity contribution in [2.75, 3.05) is 18.4 Å². The number of anilines is 1. The minimum atomic E-state index is -0.260. The van der Waals surface area contributed by atoms with Crippen molar-refractivity contribution in [2.24, 2.45) is 0 Å². The zero-order valence-electron chi connectivity index (χ0n) is 16.1. The SMILES string of the molecule is CC1c2c(Cl)cc(Cl)cc2CCN1C(=O)CNc1ccc2c(=O)[nH]cc(C#N)c2c1. The Bertz CT molecular complexity index is 1260. The smallest absolute Gasteiger partial charge is 0.255 e. The minimum absolute atomic E-state index is 0.0642. The Labute approximate surface area is 183 Å². The molecule has 1 unspecified atom stereocenters. The first kappa shape index (κ1) is 20.3. The predicted molar refractivity (Wildman–Crippen MR) is 118 cm³/mol. The number of H-pyrrole nitrogens is 1. The molecule has 0 spiro atoms. The normalized spacial score (nSPS) is 15.5. The lowest BCUT2D eigenvalue weighted by molar-refractivity contribution is -0.131. The van der Waals surface area contributed by atoms with Gasteiger partial charge in [-0.25, -0.2) is 0 Å². The fraction of sp³-hybridized carbons (Fsp3) is 0.227. The summed E-state index contributed by atoms with van der Waals surface area (Å²) in [5, 5.41) is 14.5. The van der Waals surface area contributed by atoms with E-state index in [0.29, 0.717) is 45.0 Å². The molecule has 3 aromatic rings. The fourth-order valence-corrected chi connectivity index (χ4v) is 4.68. The highest BCUT2D eigenvalue weighted by Crippen LogP contribution is 2.36. The van der Waals surface area contributed by atoms with Gasteiger partial charge in [0.2, 0.25) is 5.91 Å². The molecule has 0 aliphatic carbocycles. The van der Waals surface area contributed by atoms with Gasteiger partial charge in [0.25, 0.3) is 5.56 Å². The van der Waals surface area contributed by atoms with E-state index in [-0.39, 0.29) is 24.1 Å². The van der Waals surface area contributed by atoms with Crippen LogP contribution in [0.2, 0.25) is 10.0 Å². The van der Waals surface area contributed by atoms with Crippen LogP contribution in [0.4, 0.5) is 5.69 Å². The van der Waals surface area contributed by atoms with Crippen LogP contribution in [0.1, 0.15) is 29.7 Å². The van der Waals surface area contributed by atoms with Crippen LogP contribution >= 0.6 is 23.2 Å². The highest BCUT2D eigenvalue weighted by atomic mass is 35.5. The van der Waals surface area contributed by atoms with E-state index in [0.717, 1.165) is 11.1 Å². The van der Waals surface area contributed by atoms with Crippen LogP contribution in [0.25, 0.3) is 10.8 Å². The van der Waals surface area contributed by atoms with E-state index >= 15 is 0 Å². The van der Waals surface area contributed by atoms with Crippen molar-refractivity contribution in [1.82, 2.24) is 9.88 Å². The molecular weight excluding hydrogens is 423 g/mol. The zero-order chi connectivity index (χ0) is 21.4. The molecule has 0 saturated carbocycles. The maximum absolute atomic E-state index is 12.9. The fourth-order valence-electron chi connectivity index (χ4n) is 3.98.